The molecule has 3 aromatic rings. The second-order valence-corrected chi connectivity index (χ2v) is 5.43. The molecule has 1 amide bonds. The number of aromatic amines is 1. The molecule has 0 aliphatic rings. The van der Waals surface area contributed by atoms with E-state index in [0.717, 1.165) is 16.9 Å². The number of hydrogen-bond donors (Lipinski definition) is 2. The van der Waals surface area contributed by atoms with Crippen LogP contribution in [0, 0.1) is 5.82 Å². The van der Waals surface area contributed by atoms with Crippen molar-refractivity contribution in [1.29, 1.82) is 0 Å². The Labute approximate surface area is 144 Å². The SMILES string of the molecule is CCOc1ccc(-c2cc(C(=O)NCc3ccc(F)cc3)[nH]n2)cc1. The van der Waals surface area contributed by atoms with E-state index in [1.807, 2.05) is 31.2 Å². The fourth-order valence-electron chi connectivity index (χ4n) is 2.35. The molecule has 0 saturated heterocycles. The maximum Gasteiger partial charge on any atom is 0.269 e. The van der Waals surface area contributed by atoms with E-state index in [1.54, 1.807) is 18.2 Å². The second kappa shape index (κ2) is 7.61. The van der Waals surface area contributed by atoms with E-state index in [-0.39, 0.29) is 11.7 Å². The highest BCUT2D eigenvalue weighted by molar-refractivity contribution is 5.93. The minimum absolute atomic E-state index is 0.269. The van der Waals surface area contributed by atoms with Gasteiger partial charge in [-0.15, -0.1) is 0 Å². The number of halogens is 1. The van der Waals surface area contributed by atoms with Crippen LogP contribution >= 0.6 is 0 Å². The maximum atomic E-state index is 12.9. The first-order valence-electron chi connectivity index (χ1n) is 7.97. The zero-order valence-corrected chi connectivity index (χ0v) is 13.8. The number of nitrogens with zero attached hydrogens (tertiary/aromatic N) is 1. The van der Waals surface area contributed by atoms with E-state index < -0.39 is 0 Å². The van der Waals surface area contributed by atoms with Gasteiger partial charge in [-0.2, -0.15) is 5.10 Å². The Morgan fingerprint density at radius 1 is 1.16 bits per heavy atom. The van der Waals surface area contributed by atoms with E-state index in [2.05, 4.69) is 15.5 Å². The van der Waals surface area contributed by atoms with Crippen molar-refractivity contribution in [3.63, 3.8) is 0 Å². The van der Waals surface area contributed by atoms with Crippen LogP contribution in [-0.2, 0) is 6.54 Å². The molecule has 0 radical (unpaired) electrons. The summed E-state index contributed by atoms with van der Waals surface area (Å²) in [6.45, 7) is 2.86. The van der Waals surface area contributed by atoms with Crippen LogP contribution in [0.2, 0.25) is 0 Å². The van der Waals surface area contributed by atoms with Gasteiger partial charge in [0.25, 0.3) is 5.91 Å². The fourth-order valence-corrected chi connectivity index (χ4v) is 2.35. The second-order valence-electron chi connectivity index (χ2n) is 5.43. The zero-order valence-electron chi connectivity index (χ0n) is 13.8. The van der Waals surface area contributed by atoms with Crippen LogP contribution < -0.4 is 10.1 Å². The molecule has 2 aromatic carbocycles. The lowest BCUT2D eigenvalue weighted by Gasteiger charge is -2.03. The molecular formula is C19H18FN3O2. The number of H-pyrrole nitrogens is 1. The van der Waals surface area contributed by atoms with Gasteiger partial charge in [0, 0.05) is 12.1 Å². The normalized spacial score (nSPS) is 10.5. The molecule has 1 aromatic heterocycles. The average molecular weight is 339 g/mol. The van der Waals surface area contributed by atoms with Crippen molar-refractivity contribution in [2.75, 3.05) is 6.61 Å². The van der Waals surface area contributed by atoms with Crippen molar-refractivity contribution in [3.8, 4) is 17.0 Å². The van der Waals surface area contributed by atoms with Crippen molar-refractivity contribution in [1.82, 2.24) is 15.5 Å². The third-order valence-corrected chi connectivity index (χ3v) is 3.65. The molecule has 0 saturated carbocycles. The lowest BCUT2D eigenvalue weighted by atomic mass is 10.1. The number of nitrogens with one attached hydrogen (secondary N) is 2. The molecule has 0 aliphatic carbocycles. The van der Waals surface area contributed by atoms with Gasteiger partial charge < -0.3 is 10.1 Å². The van der Waals surface area contributed by atoms with Gasteiger partial charge >= 0.3 is 0 Å². The summed E-state index contributed by atoms with van der Waals surface area (Å²) in [5, 5.41) is 9.68. The number of aromatic nitrogens is 2. The Kier molecular flexibility index (Phi) is 5.09. The van der Waals surface area contributed by atoms with Gasteiger partial charge in [-0.25, -0.2) is 4.39 Å². The number of amides is 1. The van der Waals surface area contributed by atoms with Crippen molar-refractivity contribution >= 4 is 5.91 Å². The summed E-state index contributed by atoms with van der Waals surface area (Å²) < 4.78 is 18.3. The lowest BCUT2D eigenvalue weighted by Crippen LogP contribution is -2.23. The van der Waals surface area contributed by atoms with Crippen molar-refractivity contribution in [2.24, 2.45) is 0 Å². The molecule has 1 heterocycles. The van der Waals surface area contributed by atoms with Crippen LogP contribution in [0.15, 0.2) is 54.6 Å². The standard InChI is InChI=1S/C19H18FN3O2/c1-2-25-16-9-5-14(6-10-16)17-11-18(23-22-17)19(24)21-12-13-3-7-15(20)8-4-13/h3-11H,2,12H2,1H3,(H,21,24)(H,22,23). The zero-order chi connectivity index (χ0) is 17.6. The van der Waals surface area contributed by atoms with Gasteiger partial charge in [0.1, 0.15) is 17.3 Å². The van der Waals surface area contributed by atoms with Crippen LogP contribution in [0.5, 0.6) is 5.75 Å². The molecule has 128 valence electrons. The van der Waals surface area contributed by atoms with Crippen LogP contribution in [0.1, 0.15) is 23.0 Å². The van der Waals surface area contributed by atoms with E-state index in [0.29, 0.717) is 24.5 Å². The average Bonchev–Trinajstić information content (AvgIpc) is 3.12. The minimum atomic E-state index is -0.302. The van der Waals surface area contributed by atoms with Crippen molar-refractivity contribution in [3.05, 3.63) is 71.7 Å². The first-order chi connectivity index (χ1) is 12.2. The van der Waals surface area contributed by atoms with E-state index in [1.165, 1.54) is 12.1 Å². The largest absolute Gasteiger partial charge is 0.494 e. The molecule has 3 rings (SSSR count). The summed E-state index contributed by atoms with van der Waals surface area (Å²) in [4.78, 5) is 12.2. The number of benzene rings is 2. The van der Waals surface area contributed by atoms with Gasteiger partial charge in [0.05, 0.1) is 12.3 Å². The molecule has 0 unspecified atom stereocenters. The number of hydrogen-bond acceptors (Lipinski definition) is 3. The Bertz CT molecular complexity index is 842. The van der Waals surface area contributed by atoms with Gasteiger partial charge in [-0.3, -0.25) is 9.89 Å². The van der Waals surface area contributed by atoms with E-state index in [4.69, 9.17) is 4.74 Å². The van der Waals surface area contributed by atoms with E-state index in [9.17, 15) is 9.18 Å². The smallest absolute Gasteiger partial charge is 0.269 e. The topological polar surface area (TPSA) is 67.0 Å². The highest BCUT2D eigenvalue weighted by atomic mass is 19.1. The molecule has 0 aliphatic heterocycles. The number of ether oxygens (including phenoxy) is 1. The highest BCUT2D eigenvalue weighted by Crippen LogP contribution is 2.21. The van der Waals surface area contributed by atoms with Crippen LogP contribution in [0.4, 0.5) is 4.39 Å². The summed E-state index contributed by atoms with van der Waals surface area (Å²) in [5.41, 5.74) is 2.75. The van der Waals surface area contributed by atoms with E-state index >= 15 is 0 Å². The maximum absolute atomic E-state index is 12.9. The Balaban J connectivity index is 1.63. The molecule has 6 heteroatoms. The third kappa shape index (κ3) is 4.23. The monoisotopic (exact) mass is 339 g/mol. The number of carbonyl (C=O) groups excluding carboxylic acids is 1. The van der Waals surface area contributed by atoms with Crippen molar-refractivity contribution in [2.45, 2.75) is 13.5 Å². The molecule has 0 bridgehead atoms. The Hall–Kier alpha value is -3.15. The molecule has 0 atom stereocenters. The molecule has 0 spiro atoms. The van der Waals surface area contributed by atoms with Gasteiger partial charge in [0.15, 0.2) is 0 Å². The third-order valence-electron chi connectivity index (χ3n) is 3.65. The molecule has 0 fully saturated rings. The van der Waals surface area contributed by atoms with Gasteiger partial charge in [0.2, 0.25) is 0 Å². The van der Waals surface area contributed by atoms with Crippen LogP contribution in [-0.4, -0.2) is 22.7 Å². The molecule has 5 nitrogen and oxygen atoms in total. The number of carbonyl (C=O) groups is 1. The Morgan fingerprint density at radius 3 is 2.56 bits per heavy atom. The van der Waals surface area contributed by atoms with Gasteiger partial charge in [-0.05, 0) is 55.0 Å². The predicted molar refractivity (Wildman–Crippen MR) is 92.8 cm³/mol. The quantitative estimate of drug-likeness (QED) is 0.722. The summed E-state index contributed by atoms with van der Waals surface area (Å²) in [7, 11) is 0. The first-order valence-corrected chi connectivity index (χ1v) is 7.97. The minimum Gasteiger partial charge on any atom is -0.494 e. The highest BCUT2D eigenvalue weighted by Gasteiger charge is 2.11. The molecule has 2 N–H and O–H groups in total. The molecule has 25 heavy (non-hydrogen) atoms. The Morgan fingerprint density at radius 2 is 1.88 bits per heavy atom. The lowest BCUT2D eigenvalue weighted by molar-refractivity contribution is 0.0946. The summed E-state index contributed by atoms with van der Waals surface area (Å²) in [5.74, 6) is 0.219. The van der Waals surface area contributed by atoms with Gasteiger partial charge in [-0.1, -0.05) is 12.1 Å². The summed E-state index contributed by atoms with van der Waals surface area (Å²) >= 11 is 0. The summed E-state index contributed by atoms with van der Waals surface area (Å²) in [6.07, 6.45) is 0. The van der Waals surface area contributed by atoms with Crippen LogP contribution in [0.25, 0.3) is 11.3 Å². The number of rotatable bonds is 6. The first kappa shape index (κ1) is 16.7. The van der Waals surface area contributed by atoms with Crippen LogP contribution in [0.3, 0.4) is 0 Å². The molecular weight excluding hydrogens is 321 g/mol. The summed E-state index contributed by atoms with van der Waals surface area (Å²) in [6, 6.07) is 15.2. The van der Waals surface area contributed by atoms with Crippen molar-refractivity contribution < 1.29 is 13.9 Å². The predicted octanol–water partition coefficient (Wildman–Crippen LogP) is 3.54. The fraction of sp³-hybridized carbons (Fsp3) is 0.158.